The summed E-state index contributed by atoms with van der Waals surface area (Å²) in [5, 5.41) is 2.53. The number of carbonyl (C=O) groups excluding carboxylic acids is 2. The molecule has 0 N–H and O–H groups in total. The van der Waals surface area contributed by atoms with Crippen LogP contribution in [0.4, 0.5) is 5.69 Å². The molecule has 1 atom stereocenters. The van der Waals surface area contributed by atoms with E-state index in [1.165, 1.54) is 46.2 Å². The Kier molecular flexibility index (Phi) is 5.91. The van der Waals surface area contributed by atoms with Crippen LogP contribution < -0.4 is 15.2 Å². The number of fused-ring (bicyclic) bond motifs is 3. The summed E-state index contributed by atoms with van der Waals surface area (Å²) in [6.07, 6.45) is 6.04. The van der Waals surface area contributed by atoms with Gasteiger partial charge in [0, 0.05) is 23.1 Å². The van der Waals surface area contributed by atoms with Crippen LogP contribution in [-0.2, 0) is 17.6 Å². The zero-order chi connectivity index (χ0) is 25.7. The summed E-state index contributed by atoms with van der Waals surface area (Å²) in [5.41, 5.74) is 5.38. The third-order valence-electron chi connectivity index (χ3n) is 7.48. The molecule has 8 heteroatoms. The summed E-state index contributed by atoms with van der Waals surface area (Å²) in [6.45, 7) is 4.05. The number of nitrogens with zero attached hydrogens (tertiary/aromatic N) is 3. The summed E-state index contributed by atoms with van der Waals surface area (Å²) in [6, 6.07) is 10.8. The molecule has 0 fully saturated rings. The maximum Gasteiger partial charge on any atom is 0.265 e. The van der Waals surface area contributed by atoms with Crippen molar-refractivity contribution in [3.8, 4) is 16.9 Å². The molecule has 0 saturated heterocycles. The van der Waals surface area contributed by atoms with Gasteiger partial charge in [-0.3, -0.25) is 19.0 Å². The third kappa shape index (κ3) is 3.96. The highest BCUT2D eigenvalue weighted by Crippen LogP contribution is 2.35. The predicted molar refractivity (Wildman–Crippen MR) is 145 cm³/mol. The first-order valence-electron chi connectivity index (χ1n) is 12.7. The number of ketones is 1. The van der Waals surface area contributed by atoms with Crippen molar-refractivity contribution >= 4 is 38.9 Å². The van der Waals surface area contributed by atoms with Gasteiger partial charge < -0.3 is 9.64 Å². The van der Waals surface area contributed by atoms with Crippen LogP contribution in [0.5, 0.6) is 5.75 Å². The molecule has 37 heavy (non-hydrogen) atoms. The lowest BCUT2D eigenvalue weighted by atomic mass is 9.89. The molecule has 2 aromatic heterocycles. The van der Waals surface area contributed by atoms with Crippen LogP contribution in [0.2, 0.25) is 0 Å². The van der Waals surface area contributed by atoms with Crippen molar-refractivity contribution in [1.82, 2.24) is 9.55 Å². The summed E-state index contributed by atoms with van der Waals surface area (Å²) >= 11 is 1.44. The monoisotopic (exact) mass is 513 g/mol. The number of amides is 1. The maximum absolute atomic E-state index is 13.7. The number of ether oxygens (including phenoxy) is 1. The largest absolute Gasteiger partial charge is 0.482 e. The molecule has 1 unspecified atom stereocenters. The Morgan fingerprint density at radius 1 is 1.11 bits per heavy atom. The minimum absolute atomic E-state index is 0.0151. The molecule has 1 aliphatic carbocycles. The van der Waals surface area contributed by atoms with Gasteiger partial charge in [-0.05, 0) is 74.4 Å². The van der Waals surface area contributed by atoms with E-state index in [9.17, 15) is 14.4 Å². The van der Waals surface area contributed by atoms with Crippen molar-refractivity contribution in [2.24, 2.45) is 0 Å². The van der Waals surface area contributed by atoms with Gasteiger partial charge in [0.25, 0.3) is 11.5 Å². The van der Waals surface area contributed by atoms with E-state index in [1.54, 1.807) is 30.0 Å². The number of anilines is 1. The molecule has 2 aliphatic rings. The maximum atomic E-state index is 13.7. The van der Waals surface area contributed by atoms with Gasteiger partial charge in [-0.25, -0.2) is 4.98 Å². The van der Waals surface area contributed by atoms with Crippen molar-refractivity contribution in [2.75, 3.05) is 18.1 Å². The number of carbonyl (C=O) groups is 2. The SMILES string of the molecule is CCN1C(=O)COc2ccc(C(=O)C(C)n3cnc4scc(-c5ccc6c(c5)CCCC6)c4c3=O)cc21. The van der Waals surface area contributed by atoms with Crippen molar-refractivity contribution in [3.63, 3.8) is 0 Å². The predicted octanol–water partition coefficient (Wildman–Crippen LogP) is 5.19. The van der Waals surface area contributed by atoms with E-state index in [4.69, 9.17) is 4.74 Å². The average Bonchev–Trinajstić information content (AvgIpc) is 3.37. The van der Waals surface area contributed by atoms with Crippen LogP contribution in [0.3, 0.4) is 0 Å². The zero-order valence-corrected chi connectivity index (χ0v) is 21.6. The highest BCUT2D eigenvalue weighted by Gasteiger charge is 2.27. The highest BCUT2D eigenvalue weighted by molar-refractivity contribution is 7.17. The van der Waals surface area contributed by atoms with Crippen LogP contribution in [0.15, 0.2) is 52.9 Å². The van der Waals surface area contributed by atoms with E-state index in [-0.39, 0.29) is 23.9 Å². The molecule has 3 heterocycles. The van der Waals surface area contributed by atoms with Crippen molar-refractivity contribution < 1.29 is 14.3 Å². The molecule has 1 amide bonds. The average molecular weight is 514 g/mol. The topological polar surface area (TPSA) is 81.5 Å². The molecule has 7 nitrogen and oxygen atoms in total. The van der Waals surface area contributed by atoms with E-state index < -0.39 is 6.04 Å². The normalized spacial score (nSPS) is 15.7. The molecule has 4 aromatic rings. The number of Topliss-reactive ketones (excluding diaryl/α,β-unsaturated/α-hetero) is 1. The van der Waals surface area contributed by atoms with Gasteiger partial charge >= 0.3 is 0 Å². The first kappa shape index (κ1) is 23.6. The van der Waals surface area contributed by atoms with E-state index in [2.05, 4.69) is 23.2 Å². The quantitative estimate of drug-likeness (QED) is 0.343. The minimum atomic E-state index is -0.769. The highest BCUT2D eigenvalue weighted by atomic mass is 32.1. The van der Waals surface area contributed by atoms with E-state index >= 15 is 0 Å². The zero-order valence-electron chi connectivity index (χ0n) is 20.8. The van der Waals surface area contributed by atoms with Crippen LogP contribution >= 0.6 is 11.3 Å². The molecule has 0 bridgehead atoms. The lowest BCUT2D eigenvalue weighted by Crippen LogP contribution is -2.38. The smallest absolute Gasteiger partial charge is 0.265 e. The van der Waals surface area contributed by atoms with Gasteiger partial charge in [0.05, 0.1) is 23.4 Å². The molecule has 188 valence electrons. The first-order chi connectivity index (χ1) is 18.0. The van der Waals surface area contributed by atoms with Gasteiger partial charge in [0.15, 0.2) is 12.4 Å². The number of likely N-dealkylation sites (N-methyl/N-ethyl adjacent to an activating group) is 1. The van der Waals surface area contributed by atoms with Crippen LogP contribution in [0.25, 0.3) is 21.3 Å². The Bertz CT molecular complexity index is 1620. The van der Waals surface area contributed by atoms with Gasteiger partial charge in [-0.15, -0.1) is 11.3 Å². The van der Waals surface area contributed by atoms with Crippen LogP contribution in [-0.4, -0.2) is 34.4 Å². The Hall–Kier alpha value is -3.78. The number of hydrogen-bond donors (Lipinski definition) is 0. The van der Waals surface area contributed by atoms with Crippen LogP contribution in [0.1, 0.15) is 54.2 Å². The number of hydrogen-bond acceptors (Lipinski definition) is 6. The molecule has 0 spiro atoms. The third-order valence-corrected chi connectivity index (χ3v) is 8.36. The van der Waals surface area contributed by atoms with Crippen molar-refractivity contribution in [3.05, 3.63) is 75.1 Å². The van der Waals surface area contributed by atoms with E-state index in [0.717, 1.165) is 24.0 Å². The fourth-order valence-electron chi connectivity index (χ4n) is 5.40. The Labute approximate surface area is 218 Å². The number of thiophene rings is 1. The number of aromatic nitrogens is 2. The molecular formula is C29H27N3O4S. The molecule has 2 aromatic carbocycles. The standard InChI is InChI=1S/C29H27N3O4S/c1-3-31-23-13-21(10-11-24(23)36-14-25(31)33)27(34)17(2)32-16-30-28-26(29(32)35)22(15-37-28)20-9-8-18-6-4-5-7-19(18)12-20/h8-13,15-17H,3-7,14H2,1-2H3. The lowest BCUT2D eigenvalue weighted by Gasteiger charge is -2.28. The Morgan fingerprint density at radius 3 is 2.73 bits per heavy atom. The summed E-state index contributed by atoms with van der Waals surface area (Å²) < 4.78 is 6.94. The van der Waals surface area contributed by atoms with Gasteiger partial charge in [-0.1, -0.05) is 18.2 Å². The summed E-state index contributed by atoms with van der Waals surface area (Å²) in [5.74, 6) is 0.190. The molecule has 6 rings (SSSR count). The van der Waals surface area contributed by atoms with E-state index in [1.807, 2.05) is 12.3 Å². The van der Waals surface area contributed by atoms with Gasteiger partial charge in [0.2, 0.25) is 0 Å². The number of rotatable bonds is 5. The van der Waals surface area contributed by atoms with E-state index in [0.29, 0.717) is 33.8 Å². The second-order valence-electron chi connectivity index (χ2n) is 9.63. The lowest BCUT2D eigenvalue weighted by molar-refractivity contribution is -0.121. The molecule has 0 radical (unpaired) electrons. The fraction of sp³-hybridized carbons (Fsp3) is 0.310. The summed E-state index contributed by atoms with van der Waals surface area (Å²) in [4.78, 5) is 46.3. The molecule has 1 aliphatic heterocycles. The molecule has 0 saturated carbocycles. The van der Waals surface area contributed by atoms with Gasteiger partial charge in [-0.2, -0.15) is 0 Å². The number of benzene rings is 2. The second kappa shape index (κ2) is 9.27. The second-order valence-corrected chi connectivity index (χ2v) is 10.5. The fourth-order valence-corrected chi connectivity index (χ4v) is 6.31. The van der Waals surface area contributed by atoms with Crippen LogP contribution in [0, 0.1) is 0 Å². The Morgan fingerprint density at radius 2 is 1.92 bits per heavy atom. The first-order valence-corrected chi connectivity index (χ1v) is 13.6. The van der Waals surface area contributed by atoms with Crippen molar-refractivity contribution in [1.29, 1.82) is 0 Å². The molecular weight excluding hydrogens is 486 g/mol. The minimum Gasteiger partial charge on any atom is -0.482 e. The van der Waals surface area contributed by atoms with Gasteiger partial charge in [0.1, 0.15) is 10.6 Å². The summed E-state index contributed by atoms with van der Waals surface area (Å²) in [7, 11) is 0. The Balaban J connectivity index is 1.38. The number of aryl methyl sites for hydroxylation is 2. The van der Waals surface area contributed by atoms with Crippen molar-refractivity contribution in [2.45, 2.75) is 45.6 Å².